The highest BCUT2D eigenvalue weighted by Crippen LogP contribution is 2.31. The molecule has 1 saturated heterocycles. The summed E-state index contributed by atoms with van der Waals surface area (Å²) in [6.45, 7) is 8.95. The van der Waals surface area contributed by atoms with Crippen molar-refractivity contribution < 1.29 is 4.79 Å². The SMILES string of the molecule is CCC(C)C1CNC(=O)c2cc3cnc(Nc4ccc(N5CCNCC5)cn4)nc3n21. The second kappa shape index (κ2) is 8.14. The van der Waals surface area contributed by atoms with Gasteiger partial charge in [0.25, 0.3) is 5.91 Å². The Morgan fingerprint density at radius 2 is 2.06 bits per heavy atom. The largest absolute Gasteiger partial charge is 0.368 e. The summed E-state index contributed by atoms with van der Waals surface area (Å²) in [5.74, 6) is 1.53. The number of hydrogen-bond donors (Lipinski definition) is 3. The lowest BCUT2D eigenvalue weighted by molar-refractivity contribution is 0.0904. The van der Waals surface area contributed by atoms with E-state index in [1.807, 2.05) is 18.3 Å². The van der Waals surface area contributed by atoms with Crippen LogP contribution >= 0.6 is 0 Å². The third-order valence-electron chi connectivity index (χ3n) is 6.38. The molecular formula is C22H28N8O. The van der Waals surface area contributed by atoms with Crippen LogP contribution in [0.3, 0.4) is 0 Å². The van der Waals surface area contributed by atoms with Gasteiger partial charge in [-0.15, -0.1) is 0 Å². The van der Waals surface area contributed by atoms with Crippen LogP contribution in [0.2, 0.25) is 0 Å². The Labute approximate surface area is 181 Å². The number of carbonyl (C=O) groups is 1. The average Bonchev–Trinajstić information content (AvgIpc) is 3.20. The van der Waals surface area contributed by atoms with Gasteiger partial charge in [-0.25, -0.2) is 9.97 Å². The minimum atomic E-state index is -0.0581. The Hall–Kier alpha value is -3.20. The maximum Gasteiger partial charge on any atom is 0.268 e. The summed E-state index contributed by atoms with van der Waals surface area (Å²) in [4.78, 5) is 28.5. The van der Waals surface area contributed by atoms with Gasteiger partial charge in [0.1, 0.15) is 17.2 Å². The van der Waals surface area contributed by atoms with Crippen LogP contribution in [-0.4, -0.2) is 58.1 Å². The van der Waals surface area contributed by atoms with Crippen molar-refractivity contribution >= 4 is 34.4 Å². The summed E-state index contributed by atoms with van der Waals surface area (Å²) >= 11 is 0. The molecule has 5 rings (SSSR count). The highest BCUT2D eigenvalue weighted by molar-refractivity contribution is 5.98. The molecule has 9 heteroatoms. The van der Waals surface area contributed by atoms with Crippen molar-refractivity contribution in [2.75, 3.05) is 42.9 Å². The molecule has 9 nitrogen and oxygen atoms in total. The summed E-state index contributed by atoms with van der Waals surface area (Å²) in [5, 5.41) is 10.5. The highest BCUT2D eigenvalue weighted by atomic mass is 16.2. The predicted molar refractivity (Wildman–Crippen MR) is 121 cm³/mol. The molecule has 0 spiro atoms. The molecule has 0 radical (unpaired) electrons. The Kier molecular flexibility index (Phi) is 5.19. The molecule has 0 aliphatic carbocycles. The molecule has 1 fully saturated rings. The van der Waals surface area contributed by atoms with E-state index in [9.17, 15) is 4.79 Å². The number of piperazine rings is 1. The monoisotopic (exact) mass is 420 g/mol. The van der Waals surface area contributed by atoms with E-state index >= 15 is 0 Å². The fraction of sp³-hybridized carbons (Fsp3) is 0.455. The number of carbonyl (C=O) groups excluding carboxylic acids is 1. The van der Waals surface area contributed by atoms with E-state index in [1.54, 1.807) is 6.20 Å². The van der Waals surface area contributed by atoms with Gasteiger partial charge in [0.05, 0.1) is 17.9 Å². The summed E-state index contributed by atoms with van der Waals surface area (Å²) < 4.78 is 2.08. The van der Waals surface area contributed by atoms with Gasteiger partial charge in [-0.2, -0.15) is 4.98 Å². The van der Waals surface area contributed by atoms with Gasteiger partial charge in [0, 0.05) is 44.3 Å². The van der Waals surface area contributed by atoms with Crippen LogP contribution in [-0.2, 0) is 0 Å². The molecule has 2 unspecified atom stereocenters. The zero-order valence-corrected chi connectivity index (χ0v) is 17.9. The van der Waals surface area contributed by atoms with Crippen molar-refractivity contribution in [3.63, 3.8) is 0 Å². The van der Waals surface area contributed by atoms with Crippen molar-refractivity contribution in [1.82, 2.24) is 30.2 Å². The van der Waals surface area contributed by atoms with E-state index in [2.05, 4.69) is 55.3 Å². The van der Waals surface area contributed by atoms with Crippen LogP contribution in [0.5, 0.6) is 0 Å². The maximum absolute atomic E-state index is 12.4. The van der Waals surface area contributed by atoms with E-state index in [4.69, 9.17) is 4.98 Å². The van der Waals surface area contributed by atoms with E-state index in [-0.39, 0.29) is 11.9 Å². The first-order chi connectivity index (χ1) is 15.1. The fourth-order valence-corrected chi connectivity index (χ4v) is 4.37. The van der Waals surface area contributed by atoms with Gasteiger partial charge < -0.3 is 25.4 Å². The van der Waals surface area contributed by atoms with Gasteiger partial charge >= 0.3 is 0 Å². The molecule has 0 aromatic carbocycles. The predicted octanol–water partition coefficient (Wildman–Crippen LogP) is 2.31. The molecule has 1 amide bonds. The number of aromatic nitrogens is 4. The first kappa shape index (κ1) is 19.7. The number of rotatable bonds is 5. The zero-order chi connectivity index (χ0) is 21.4. The summed E-state index contributed by atoms with van der Waals surface area (Å²) in [6.07, 6.45) is 4.68. The number of pyridine rings is 1. The topological polar surface area (TPSA) is 100 Å². The number of anilines is 3. The van der Waals surface area contributed by atoms with Crippen LogP contribution in [0.4, 0.5) is 17.5 Å². The lowest BCUT2D eigenvalue weighted by Crippen LogP contribution is -2.43. The molecule has 5 heterocycles. The lowest BCUT2D eigenvalue weighted by Gasteiger charge is -2.31. The van der Waals surface area contributed by atoms with Crippen molar-refractivity contribution in [3.05, 3.63) is 36.3 Å². The van der Waals surface area contributed by atoms with Gasteiger partial charge in [-0.05, 0) is 24.1 Å². The van der Waals surface area contributed by atoms with Crippen molar-refractivity contribution in [2.24, 2.45) is 5.92 Å². The van der Waals surface area contributed by atoms with Gasteiger partial charge in [-0.3, -0.25) is 4.79 Å². The third kappa shape index (κ3) is 3.69. The Morgan fingerprint density at radius 1 is 1.23 bits per heavy atom. The molecule has 2 aliphatic rings. The number of hydrogen-bond acceptors (Lipinski definition) is 7. The Morgan fingerprint density at radius 3 is 2.81 bits per heavy atom. The maximum atomic E-state index is 12.4. The molecular weight excluding hydrogens is 392 g/mol. The van der Waals surface area contributed by atoms with Gasteiger partial charge in [-0.1, -0.05) is 20.3 Å². The first-order valence-corrected chi connectivity index (χ1v) is 11.0. The Balaban J connectivity index is 1.43. The standard InChI is InChI=1S/C22H28N8O/c1-3-14(2)18-13-25-21(31)17-10-15-11-26-22(28-20(15)30(17)18)27-19-5-4-16(12-24-19)29-8-6-23-7-9-29/h4-5,10-12,14,18,23H,3,6-9,13H2,1-2H3,(H,25,31)(H,24,26,27,28). The fourth-order valence-electron chi connectivity index (χ4n) is 4.37. The second-order valence-electron chi connectivity index (χ2n) is 8.30. The Bertz CT molecular complexity index is 1090. The smallest absolute Gasteiger partial charge is 0.268 e. The summed E-state index contributed by atoms with van der Waals surface area (Å²) in [7, 11) is 0. The van der Waals surface area contributed by atoms with E-state index in [0.29, 0.717) is 29.9 Å². The van der Waals surface area contributed by atoms with Crippen molar-refractivity contribution in [3.8, 4) is 0 Å². The third-order valence-corrected chi connectivity index (χ3v) is 6.38. The number of fused-ring (bicyclic) bond motifs is 3. The van der Waals surface area contributed by atoms with Crippen LogP contribution in [0.15, 0.2) is 30.6 Å². The quantitative estimate of drug-likeness (QED) is 0.582. The van der Waals surface area contributed by atoms with Crippen molar-refractivity contribution in [1.29, 1.82) is 0 Å². The molecule has 3 N–H and O–H groups in total. The number of nitrogens with zero attached hydrogens (tertiary/aromatic N) is 5. The normalized spacial score (nSPS) is 19.7. The summed E-state index contributed by atoms with van der Waals surface area (Å²) in [5.41, 5.74) is 2.55. The van der Waals surface area contributed by atoms with Crippen LogP contribution < -0.4 is 20.9 Å². The molecule has 0 saturated carbocycles. The minimum Gasteiger partial charge on any atom is -0.368 e. The van der Waals surface area contributed by atoms with Crippen LogP contribution in [0, 0.1) is 5.92 Å². The van der Waals surface area contributed by atoms with Crippen molar-refractivity contribution in [2.45, 2.75) is 26.3 Å². The molecule has 162 valence electrons. The second-order valence-corrected chi connectivity index (χ2v) is 8.30. The summed E-state index contributed by atoms with van der Waals surface area (Å²) in [6, 6.07) is 6.08. The van der Waals surface area contributed by atoms with E-state index in [0.717, 1.165) is 49.3 Å². The van der Waals surface area contributed by atoms with E-state index in [1.165, 1.54) is 0 Å². The van der Waals surface area contributed by atoms with E-state index < -0.39 is 0 Å². The molecule has 3 aromatic rings. The molecule has 31 heavy (non-hydrogen) atoms. The minimum absolute atomic E-state index is 0.0581. The number of nitrogens with one attached hydrogen (secondary N) is 3. The molecule has 2 aliphatic heterocycles. The number of amides is 1. The van der Waals surface area contributed by atoms with Gasteiger partial charge in [0.2, 0.25) is 5.95 Å². The molecule has 0 bridgehead atoms. The van der Waals surface area contributed by atoms with Gasteiger partial charge in [0.15, 0.2) is 0 Å². The zero-order valence-electron chi connectivity index (χ0n) is 17.9. The molecule has 3 aromatic heterocycles. The average molecular weight is 421 g/mol. The highest BCUT2D eigenvalue weighted by Gasteiger charge is 2.30. The first-order valence-electron chi connectivity index (χ1n) is 11.0. The van der Waals surface area contributed by atoms with Crippen LogP contribution in [0.25, 0.3) is 11.0 Å². The lowest BCUT2D eigenvalue weighted by atomic mass is 9.97. The molecule has 2 atom stereocenters. The van der Waals surface area contributed by atoms with Crippen LogP contribution in [0.1, 0.15) is 36.8 Å².